The lowest BCUT2D eigenvalue weighted by molar-refractivity contribution is -0.132. The lowest BCUT2D eigenvalue weighted by Crippen LogP contribution is -2.53. The molecule has 1 fully saturated rings. The number of benzene rings is 1. The maximum Gasteiger partial charge on any atom is 0.231 e. The molecule has 0 atom stereocenters. The first-order valence-corrected chi connectivity index (χ1v) is 8.41. The summed E-state index contributed by atoms with van der Waals surface area (Å²) in [5.74, 6) is 1.02. The van der Waals surface area contributed by atoms with Crippen LogP contribution in [0.3, 0.4) is 0 Å². The summed E-state index contributed by atoms with van der Waals surface area (Å²) in [6, 6.07) is 10.4. The fraction of sp³-hybridized carbons (Fsp3) is 0.632. The maximum absolute atomic E-state index is 13.2. The molecule has 0 unspecified atom stereocenters. The van der Waals surface area contributed by atoms with Crippen molar-refractivity contribution in [3.05, 3.63) is 35.9 Å². The summed E-state index contributed by atoms with van der Waals surface area (Å²) < 4.78 is 5.52. The highest BCUT2D eigenvalue weighted by Crippen LogP contribution is 2.35. The Hall–Kier alpha value is -1.35. The molecule has 0 aromatic heterocycles. The molecule has 1 aliphatic rings. The van der Waals surface area contributed by atoms with Crippen molar-refractivity contribution in [3.8, 4) is 0 Å². The van der Waals surface area contributed by atoms with Gasteiger partial charge >= 0.3 is 0 Å². The molecule has 3 heteroatoms. The van der Waals surface area contributed by atoms with E-state index >= 15 is 0 Å². The molecule has 122 valence electrons. The van der Waals surface area contributed by atoms with E-state index in [0.29, 0.717) is 25.0 Å². The van der Waals surface area contributed by atoms with Crippen LogP contribution in [0.5, 0.6) is 0 Å². The first-order chi connectivity index (χ1) is 10.5. The molecule has 22 heavy (non-hydrogen) atoms. The Morgan fingerprint density at radius 3 is 2.09 bits per heavy atom. The van der Waals surface area contributed by atoms with Crippen LogP contribution < -0.4 is 5.32 Å². The molecule has 0 radical (unpaired) electrons. The third-order valence-corrected chi connectivity index (χ3v) is 4.84. The van der Waals surface area contributed by atoms with Crippen molar-refractivity contribution in [2.75, 3.05) is 13.2 Å². The number of hydrogen-bond acceptors (Lipinski definition) is 2. The molecule has 0 aliphatic carbocycles. The zero-order valence-corrected chi connectivity index (χ0v) is 14.3. The molecule has 0 spiro atoms. The lowest BCUT2D eigenvalue weighted by atomic mass is 9.73. The van der Waals surface area contributed by atoms with Gasteiger partial charge in [-0.05, 0) is 30.2 Å². The number of carbonyl (C=O) groups excluding carboxylic acids is 1. The van der Waals surface area contributed by atoms with Gasteiger partial charge in [0.25, 0.3) is 0 Å². The molecule has 1 amide bonds. The topological polar surface area (TPSA) is 38.3 Å². The Balaban J connectivity index is 2.28. The predicted octanol–water partition coefficient (Wildman–Crippen LogP) is 3.53. The van der Waals surface area contributed by atoms with Crippen molar-refractivity contribution in [2.24, 2.45) is 11.8 Å². The van der Waals surface area contributed by atoms with Gasteiger partial charge in [0, 0.05) is 19.3 Å². The number of carbonyl (C=O) groups is 1. The third-order valence-electron chi connectivity index (χ3n) is 4.84. The summed E-state index contributed by atoms with van der Waals surface area (Å²) in [5.41, 5.74) is 0.670. The molecular formula is C19H29NO2. The van der Waals surface area contributed by atoms with Crippen LogP contribution in [0, 0.1) is 11.8 Å². The Morgan fingerprint density at radius 2 is 1.59 bits per heavy atom. The largest absolute Gasteiger partial charge is 0.381 e. The minimum atomic E-state index is -0.443. The third kappa shape index (κ3) is 3.52. The Bertz CT molecular complexity index is 467. The fourth-order valence-corrected chi connectivity index (χ4v) is 3.52. The van der Waals surface area contributed by atoms with Crippen LogP contribution in [-0.2, 0) is 14.9 Å². The van der Waals surface area contributed by atoms with Gasteiger partial charge in [-0.1, -0.05) is 58.0 Å². The van der Waals surface area contributed by atoms with E-state index in [9.17, 15) is 4.79 Å². The predicted molar refractivity (Wildman–Crippen MR) is 89.8 cm³/mol. The van der Waals surface area contributed by atoms with Crippen LogP contribution in [0.2, 0.25) is 0 Å². The standard InChI is InChI=1S/C19H29NO2/c1-14(2)17(15(3)4)20-18(21)19(10-12-22-13-11-19)16-8-6-5-7-9-16/h5-9,14-15,17H,10-13H2,1-4H3,(H,20,21). The second-order valence-electron chi connectivity index (χ2n) is 7.05. The minimum Gasteiger partial charge on any atom is -0.381 e. The average Bonchev–Trinajstić information content (AvgIpc) is 2.53. The summed E-state index contributed by atoms with van der Waals surface area (Å²) in [5, 5.41) is 3.33. The number of rotatable bonds is 5. The smallest absolute Gasteiger partial charge is 0.231 e. The summed E-state index contributed by atoms with van der Waals surface area (Å²) in [7, 11) is 0. The van der Waals surface area contributed by atoms with Crippen LogP contribution in [0.1, 0.15) is 46.1 Å². The van der Waals surface area contributed by atoms with Gasteiger partial charge < -0.3 is 10.1 Å². The van der Waals surface area contributed by atoms with E-state index in [1.165, 1.54) is 0 Å². The Kier molecular flexibility index (Phi) is 5.63. The normalized spacial score (nSPS) is 18.0. The van der Waals surface area contributed by atoms with E-state index < -0.39 is 5.41 Å². The van der Waals surface area contributed by atoms with Crippen molar-refractivity contribution in [1.29, 1.82) is 0 Å². The van der Waals surface area contributed by atoms with E-state index in [1.54, 1.807) is 0 Å². The monoisotopic (exact) mass is 303 g/mol. The van der Waals surface area contributed by atoms with Crippen LogP contribution in [-0.4, -0.2) is 25.2 Å². The summed E-state index contributed by atoms with van der Waals surface area (Å²) in [6.07, 6.45) is 1.51. The van der Waals surface area contributed by atoms with Gasteiger partial charge in [0.15, 0.2) is 0 Å². The van der Waals surface area contributed by atoms with Gasteiger partial charge in [-0.3, -0.25) is 4.79 Å². The van der Waals surface area contributed by atoms with Crippen LogP contribution >= 0.6 is 0 Å². The van der Waals surface area contributed by atoms with Gasteiger partial charge in [-0.25, -0.2) is 0 Å². The number of hydrogen-bond donors (Lipinski definition) is 1. The molecule has 1 heterocycles. The highest BCUT2D eigenvalue weighted by atomic mass is 16.5. The van der Waals surface area contributed by atoms with E-state index in [4.69, 9.17) is 4.74 Å². The first kappa shape index (κ1) is 17.0. The zero-order valence-electron chi connectivity index (χ0n) is 14.3. The fourth-order valence-electron chi connectivity index (χ4n) is 3.52. The molecule has 1 aliphatic heterocycles. The van der Waals surface area contributed by atoms with Crippen LogP contribution in [0.15, 0.2) is 30.3 Å². The van der Waals surface area contributed by atoms with E-state index in [-0.39, 0.29) is 11.9 Å². The average molecular weight is 303 g/mol. The van der Waals surface area contributed by atoms with Crippen molar-refractivity contribution in [3.63, 3.8) is 0 Å². The quantitative estimate of drug-likeness (QED) is 0.903. The SMILES string of the molecule is CC(C)C(NC(=O)C1(c2ccccc2)CCOCC1)C(C)C. The second-order valence-corrected chi connectivity index (χ2v) is 7.05. The molecule has 3 nitrogen and oxygen atoms in total. The summed E-state index contributed by atoms with van der Waals surface area (Å²) in [4.78, 5) is 13.2. The first-order valence-electron chi connectivity index (χ1n) is 8.41. The van der Waals surface area contributed by atoms with E-state index in [0.717, 1.165) is 18.4 Å². The molecule has 2 rings (SSSR count). The van der Waals surface area contributed by atoms with Crippen LogP contribution in [0.25, 0.3) is 0 Å². The Morgan fingerprint density at radius 1 is 1.05 bits per heavy atom. The molecule has 1 N–H and O–H groups in total. The zero-order chi connectivity index (χ0) is 16.2. The number of amides is 1. The molecule has 0 bridgehead atoms. The van der Waals surface area contributed by atoms with Crippen LogP contribution in [0.4, 0.5) is 0 Å². The minimum absolute atomic E-state index is 0.161. The number of ether oxygens (including phenoxy) is 1. The van der Waals surface area contributed by atoms with Crippen molar-refractivity contribution in [2.45, 2.75) is 52.0 Å². The highest BCUT2D eigenvalue weighted by Gasteiger charge is 2.42. The van der Waals surface area contributed by atoms with Gasteiger partial charge in [-0.15, -0.1) is 0 Å². The molecular weight excluding hydrogens is 274 g/mol. The van der Waals surface area contributed by atoms with Gasteiger partial charge in [-0.2, -0.15) is 0 Å². The van der Waals surface area contributed by atoms with E-state index in [1.807, 2.05) is 18.2 Å². The molecule has 1 aromatic rings. The summed E-state index contributed by atoms with van der Waals surface area (Å²) in [6.45, 7) is 9.98. The molecule has 0 saturated carbocycles. The van der Waals surface area contributed by atoms with Crippen molar-refractivity contribution >= 4 is 5.91 Å². The lowest BCUT2D eigenvalue weighted by Gasteiger charge is -2.38. The maximum atomic E-state index is 13.2. The van der Waals surface area contributed by atoms with Gasteiger partial charge in [0.1, 0.15) is 0 Å². The highest BCUT2D eigenvalue weighted by molar-refractivity contribution is 5.88. The van der Waals surface area contributed by atoms with E-state index in [2.05, 4.69) is 45.1 Å². The summed E-state index contributed by atoms with van der Waals surface area (Å²) >= 11 is 0. The Labute approximate surface area is 134 Å². The van der Waals surface area contributed by atoms with Crippen molar-refractivity contribution in [1.82, 2.24) is 5.32 Å². The molecule has 1 saturated heterocycles. The number of nitrogens with one attached hydrogen (secondary N) is 1. The van der Waals surface area contributed by atoms with Gasteiger partial charge in [0.05, 0.1) is 5.41 Å². The van der Waals surface area contributed by atoms with Gasteiger partial charge in [0.2, 0.25) is 5.91 Å². The second kappa shape index (κ2) is 7.28. The van der Waals surface area contributed by atoms with Crippen molar-refractivity contribution < 1.29 is 9.53 Å². The molecule has 1 aromatic carbocycles.